The van der Waals surface area contributed by atoms with Gasteiger partial charge in [-0.15, -0.1) is 0 Å². The van der Waals surface area contributed by atoms with Crippen molar-refractivity contribution in [3.05, 3.63) is 29.8 Å². The lowest BCUT2D eigenvalue weighted by molar-refractivity contribution is 0.0463. The van der Waals surface area contributed by atoms with E-state index in [1.54, 1.807) is 0 Å². The molecule has 21 heavy (non-hydrogen) atoms. The Morgan fingerprint density at radius 1 is 1.38 bits per heavy atom. The van der Waals surface area contributed by atoms with Crippen LogP contribution in [-0.2, 0) is 4.74 Å². The molecule has 0 aromatic heterocycles. The molecule has 0 saturated heterocycles. The molecule has 0 radical (unpaired) electrons. The van der Waals surface area contributed by atoms with Gasteiger partial charge in [-0.1, -0.05) is 25.1 Å². The Morgan fingerprint density at radius 2 is 2.19 bits per heavy atom. The molecule has 4 nitrogen and oxygen atoms in total. The van der Waals surface area contributed by atoms with E-state index in [2.05, 4.69) is 41.4 Å². The second-order valence-corrected chi connectivity index (χ2v) is 5.57. The van der Waals surface area contributed by atoms with Crippen molar-refractivity contribution in [3.63, 3.8) is 0 Å². The van der Waals surface area contributed by atoms with E-state index in [0.717, 1.165) is 25.9 Å². The first kappa shape index (κ1) is 16.3. The molecule has 4 heteroatoms. The molecule has 1 aliphatic rings. The van der Waals surface area contributed by atoms with Crippen molar-refractivity contribution in [2.24, 2.45) is 0 Å². The van der Waals surface area contributed by atoms with Crippen molar-refractivity contribution in [2.75, 3.05) is 37.7 Å². The van der Waals surface area contributed by atoms with Crippen LogP contribution in [0.3, 0.4) is 0 Å². The number of para-hydroxylation sites is 1. The number of ether oxygens (including phenoxy) is 1. The average Bonchev–Trinajstić information content (AvgIpc) is 2.66. The lowest BCUT2D eigenvalue weighted by Crippen LogP contribution is -2.35. The largest absolute Gasteiger partial charge is 0.389 e. The Bertz CT molecular complexity index is 425. The number of hydrogen-bond acceptors (Lipinski definition) is 4. The maximum absolute atomic E-state index is 10.1. The molecular weight excluding hydrogens is 264 g/mol. The molecule has 0 aliphatic carbocycles. The molecular formula is C17H28N2O2. The Labute approximate surface area is 128 Å². The highest BCUT2D eigenvalue weighted by atomic mass is 16.5. The summed E-state index contributed by atoms with van der Waals surface area (Å²) in [5.74, 6) is 0. The zero-order valence-corrected chi connectivity index (χ0v) is 13.2. The molecule has 2 N–H and O–H groups in total. The molecule has 0 saturated carbocycles. The molecule has 1 aromatic carbocycles. The minimum absolute atomic E-state index is 0.409. The van der Waals surface area contributed by atoms with Gasteiger partial charge in [-0.3, -0.25) is 0 Å². The predicted octanol–water partition coefficient (Wildman–Crippen LogP) is 2.33. The van der Waals surface area contributed by atoms with E-state index in [0.29, 0.717) is 25.8 Å². The molecule has 118 valence electrons. The Kier molecular flexibility index (Phi) is 6.49. The van der Waals surface area contributed by atoms with Crippen LogP contribution in [0.25, 0.3) is 0 Å². The topological polar surface area (TPSA) is 44.7 Å². The van der Waals surface area contributed by atoms with Gasteiger partial charge in [0.15, 0.2) is 0 Å². The van der Waals surface area contributed by atoms with Gasteiger partial charge in [-0.05, 0) is 37.9 Å². The maximum Gasteiger partial charge on any atom is 0.0947 e. The van der Waals surface area contributed by atoms with Gasteiger partial charge in [-0.2, -0.15) is 0 Å². The molecule has 0 amide bonds. The number of β-amino-alcohol motifs (C(OH)–C–C–N with tert-alkyl or cyclic N) is 1. The van der Waals surface area contributed by atoms with Gasteiger partial charge in [0, 0.05) is 31.4 Å². The molecule has 2 atom stereocenters. The number of benzene rings is 1. The second-order valence-electron chi connectivity index (χ2n) is 5.57. The minimum atomic E-state index is -0.436. The van der Waals surface area contributed by atoms with Gasteiger partial charge in [0.05, 0.1) is 12.7 Å². The number of hydrogen-bond donors (Lipinski definition) is 2. The molecule has 1 heterocycles. The van der Waals surface area contributed by atoms with Gasteiger partial charge >= 0.3 is 0 Å². The first-order chi connectivity index (χ1) is 10.3. The minimum Gasteiger partial charge on any atom is -0.389 e. The Hall–Kier alpha value is -1.10. The molecule has 2 rings (SSSR count). The molecule has 0 bridgehead atoms. The number of nitrogens with one attached hydrogen (secondary N) is 1. The summed E-state index contributed by atoms with van der Waals surface area (Å²) in [5.41, 5.74) is 2.59. The summed E-state index contributed by atoms with van der Waals surface area (Å²) in [6, 6.07) is 8.97. The standard InChI is InChI=1S/C17H28N2O2/c1-3-18-16-9-7-11-19(12-14(20)13-21-4-2)17-10-6-5-8-15(16)17/h5-6,8,10,14,16,18,20H,3-4,7,9,11-13H2,1-2H3. The molecule has 0 fully saturated rings. The summed E-state index contributed by atoms with van der Waals surface area (Å²) < 4.78 is 5.33. The third-order valence-corrected chi connectivity index (χ3v) is 3.97. The number of rotatable bonds is 7. The van der Waals surface area contributed by atoms with Crippen LogP contribution < -0.4 is 10.2 Å². The highest BCUT2D eigenvalue weighted by Gasteiger charge is 2.23. The van der Waals surface area contributed by atoms with E-state index in [9.17, 15) is 5.11 Å². The van der Waals surface area contributed by atoms with Gasteiger partial charge in [0.2, 0.25) is 0 Å². The number of aliphatic hydroxyl groups excluding tert-OH is 1. The zero-order chi connectivity index (χ0) is 15.1. The van der Waals surface area contributed by atoms with Crippen LogP contribution in [0.5, 0.6) is 0 Å². The number of nitrogens with zero attached hydrogens (tertiary/aromatic N) is 1. The first-order valence-electron chi connectivity index (χ1n) is 8.09. The summed E-state index contributed by atoms with van der Waals surface area (Å²) >= 11 is 0. The first-order valence-corrected chi connectivity index (χ1v) is 8.09. The third kappa shape index (κ3) is 4.43. The van der Waals surface area contributed by atoms with Crippen LogP contribution in [0.2, 0.25) is 0 Å². The zero-order valence-electron chi connectivity index (χ0n) is 13.2. The highest BCUT2D eigenvalue weighted by molar-refractivity contribution is 5.56. The van der Waals surface area contributed by atoms with E-state index >= 15 is 0 Å². The van der Waals surface area contributed by atoms with Crippen LogP contribution in [-0.4, -0.2) is 44.1 Å². The predicted molar refractivity (Wildman–Crippen MR) is 86.8 cm³/mol. The molecule has 2 unspecified atom stereocenters. The smallest absolute Gasteiger partial charge is 0.0947 e. The highest BCUT2D eigenvalue weighted by Crippen LogP contribution is 2.32. The molecule has 0 spiro atoms. The summed E-state index contributed by atoms with van der Waals surface area (Å²) in [5, 5.41) is 13.7. The number of fused-ring (bicyclic) bond motifs is 1. The van der Waals surface area contributed by atoms with E-state index in [-0.39, 0.29) is 0 Å². The maximum atomic E-state index is 10.1. The average molecular weight is 292 g/mol. The fraction of sp³-hybridized carbons (Fsp3) is 0.647. The van der Waals surface area contributed by atoms with E-state index in [4.69, 9.17) is 4.74 Å². The van der Waals surface area contributed by atoms with Crippen LogP contribution in [0.1, 0.15) is 38.3 Å². The summed E-state index contributed by atoms with van der Waals surface area (Å²) in [6.45, 7) is 7.76. The summed E-state index contributed by atoms with van der Waals surface area (Å²) in [4.78, 5) is 2.30. The molecule has 1 aromatic rings. The fourth-order valence-electron chi connectivity index (χ4n) is 3.04. The van der Waals surface area contributed by atoms with Crippen LogP contribution >= 0.6 is 0 Å². The van der Waals surface area contributed by atoms with Crippen molar-refractivity contribution in [1.82, 2.24) is 5.32 Å². The van der Waals surface area contributed by atoms with Gasteiger partial charge < -0.3 is 20.1 Å². The number of anilines is 1. The van der Waals surface area contributed by atoms with E-state index in [1.807, 2.05) is 6.92 Å². The fourth-order valence-corrected chi connectivity index (χ4v) is 3.04. The quantitative estimate of drug-likeness (QED) is 0.809. The van der Waals surface area contributed by atoms with Gasteiger partial charge in [-0.25, -0.2) is 0 Å². The summed E-state index contributed by atoms with van der Waals surface area (Å²) in [6.07, 6.45) is 1.84. The van der Waals surface area contributed by atoms with Crippen molar-refractivity contribution < 1.29 is 9.84 Å². The van der Waals surface area contributed by atoms with E-state index in [1.165, 1.54) is 11.3 Å². The van der Waals surface area contributed by atoms with E-state index < -0.39 is 6.10 Å². The Balaban J connectivity index is 2.13. The lowest BCUT2D eigenvalue weighted by Gasteiger charge is -2.28. The lowest BCUT2D eigenvalue weighted by atomic mass is 10.0. The van der Waals surface area contributed by atoms with Crippen LogP contribution in [0.4, 0.5) is 5.69 Å². The van der Waals surface area contributed by atoms with Gasteiger partial charge in [0.25, 0.3) is 0 Å². The Morgan fingerprint density at radius 3 is 2.95 bits per heavy atom. The summed E-state index contributed by atoms with van der Waals surface area (Å²) in [7, 11) is 0. The molecule has 1 aliphatic heterocycles. The van der Waals surface area contributed by atoms with Crippen molar-refractivity contribution in [3.8, 4) is 0 Å². The second kappa shape index (κ2) is 8.37. The normalized spacial score (nSPS) is 20.0. The SMILES string of the molecule is CCNC1CCCN(CC(O)COCC)c2ccccc21. The van der Waals surface area contributed by atoms with Crippen LogP contribution in [0, 0.1) is 0 Å². The van der Waals surface area contributed by atoms with Crippen molar-refractivity contribution >= 4 is 5.69 Å². The monoisotopic (exact) mass is 292 g/mol. The van der Waals surface area contributed by atoms with Crippen molar-refractivity contribution in [2.45, 2.75) is 38.8 Å². The number of aliphatic hydroxyl groups is 1. The van der Waals surface area contributed by atoms with Crippen molar-refractivity contribution in [1.29, 1.82) is 0 Å². The van der Waals surface area contributed by atoms with Crippen LogP contribution in [0.15, 0.2) is 24.3 Å². The van der Waals surface area contributed by atoms with Gasteiger partial charge in [0.1, 0.15) is 0 Å². The third-order valence-electron chi connectivity index (χ3n) is 3.97.